The van der Waals surface area contributed by atoms with Crippen LogP contribution in [0.3, 0.4) is 0 Å². The minimum absolute atomic E-state index is 0.287. The molecule has 1 aromatic carbocycles. The quantitative estimate of drug-likeness (QED) is 0.417. The molecule has 1 atom stereocenters. The number of carbonyl (C=O) groups excluding carboxylic acids is 1. The van der Waals surface area contributed by atoms with E-state index < -0.39 is 12.1 Å². The normalized spacial score (nSPS) is 12.2. The number of hydrogen-bond acceptors (Lipinski definition) is 6. The van der Waals surface area contributed by atoms with Crippen LogP contribution in [0.5, 0.6) is 0 Å². The lowest BCUT2D eigenvalue weighted by atomic mass is 10.1. The van der Waals surface area contributed by atoms with Gasteiger partial charge in [-0.25, -0.2) is 4.79 Å². The highest BCUT2D eigenvalue weighted by atomic mass is 32.2. The third kappa shape index (κ3) is 3.63. The summed E-state index contributed by atoms with van der Waals surface area (Å²) in [5.41, 5.74) is 7.30. The highest BCUT2D eigenvalue weighted by molar-refractivity contribution is 7.99. The number of carbonyl (C=O) groups is 1. The van der Waals surface area contributed by atoms with Gasteiger partial charge in [-0.1, -0.05) is 0 Å². The van der Waals surface area contributed by atoms with Gasteiger partial charge in [0.1, 0.15) is 0 Å². The third-order valence-electron chi connectivity index (χ3n) is 2.42. The number of methoxy groups -OCH3 is 1. The number of aryl methyl sites for hydroxylation is 1. The Balaban J connectivity index is 2.94. The maximum Gasteiger partial charge on any atom is 0.340 e. The number of hydrogen-bond donors (Lipinski definition) is 3. The summed E-state index contributed by atoms with van der Waals surface area (Å²) < 4.78 is 4.66. The van der Waals surface area contributed by atoms with Crippen LogP contribution in [0, 0.1) is 6.92 Å². The Bertz CT molecular complexity index is 436. The lowest BCUT2D eigenvalue weighted by Crippen LogP contribution is -2.14. The summed E-state index contributed by atoms with van der Waals surface area (Å²) >= 11 is 1.34. The van der Waals surface area contributed by atoms with E-state index in [2.05, 4.69) is 4.74 Å². The molecule has 1 unspecified atom stereocenters. The van der Waals surface area contributed by atoms with Crippen LogP contribution in [0.15, 0.2) is 17.0 Å². The molecular formula is C12H17NO4S. The molecule has 0 heterocycles. The Morgan fingerprint density at radius 1 is 1.56 bits per heavy atom. The van der Waals surface area contributed by atoms with Crippen molar-refractivity contribution in [1.82, 2.24) is 0 Å². The number of thioether (sulfide) groups is 1. The molecule has 0 saturated heterocycles. The Morgan fingerprint density at radius 3 is 2.78 bits per heavy atom. The fraction of sp³-hybridized carbons (Fsp3) is 0.417. The van der Waals surface area contributed by atoms with Gasteiger partial charge in [-0.3, -0.25) is 0 Å². The van der Waals surface area contributed by atoms with E-state index in [4.69, 9.17) is 10.8 Å². The van der Waals surface area contributed by atoms with Crippen LogP contribution in [-0.2, 0) is 4.74 Å². The van der Waals surface area contributed by atoms with Crippen molar-refractivity contribution in [3.63, 3.8) is 0 Å². The summed E-state index contributed by atoms with van der Waals surface area (Å²) in [6.07, 6.45) is -0.783. The van der Waals surface area contributed by atoms with Crippen molar-refractivity contribution >= 4 is 23.4 Å². The second kappa shape index (κ2) is 6.63. The first-order valence-corrected chi connectivity index (χ1v) is 6.38. The number of benzene rings is 1. The van der Waals surface area contributed by atoms with Crippen LogP contribution in [0.25, 0.3) is 0 Å². The van der Waals surface area contributed by atoms with Gasteiger partial charge in [-0.05, 0) is 24.6 Å². The van der Waals surface area contributed by atoms with Gasteiger partial charge >= 0.3 is 5.97 Å². The molecule has 5 nitrogen and oxygen atoms in total. The van der Waals surface area contributed by atoms with Crippen LogP contribution in [0.4, 0.5) is 5.69 Å². The third-order valence-corrected chi connectivity index (χ3v) is 3.54. The molecule has 100 valence electrons. The predicted octanol–water partition coefficient (Wildman–Crippen LogP) is 0.809. The number of rotatable bonds is 5. The molecule has 0 aliphatic carbocycles. The monoisotopic (exact) mass is 271 g/mol. The molecule has 0 fully saturated rings. The van der Waals surface area contributed by atoms with Gasteiger partial charge in [0.2, 0.25) is 0 Å². The second-order valence-electron chi connectivity index (χ2n) is 3.84. The fourth-order valence-electron chi connectivity index (χ4n) is 1.37. The Labute approximate surface area is 110 Å². The zero-order valence-electron chi connectivity index (χ0n) is 10.3. The van der Waals surface area contributed by atoms with Crippen molar-refractivity contribution in [2.45, 2.75) is 17.9 Å². The molecular weight excluding hydrogens is 254 g/mol. The molecule has 0 amide bonds. The molecule has 0 spiro atoms. The van der Waals surface area contributed by atoms with Gasteiger partial charge in [-0.2, -0.15) is 0 Å². The van der Waals surface area contributed by atoms with E-state index in [1.54, 1.807) is 13.0 Å². The smallest absolute Gasteiger partial charge is 0.340 e. The van der Waals surface area contributed by atoms with Crippen LogP contribution in [0.2, 0.25) is 0 Å². The molecule has 0 aromatic heterocycles. The Hall–Kier alpha value is -1.24. The van der Waals surface area contributed by atoms with Gasteiger partial charge in [0.15, 0.2) is 0 Å². The van der Waals surface area contributed by atoms with E-state index in [0.717, 1.165) is 10.5 Å². The number of nitrogen functional groups attached to an aromatic ring is 1. The van der Waals surface area contributed by atoms with Crippen molar-refractivity contribution < 1.29 is 19.7 Å². The van der Waals surface area contributed by atoms with E-state index >= 15 is 0 Å². The predicted molar refractivity (Wildman–Crippen MR) is 70.7 cm³/mol. The zero-order chi connectivity index (χ0) is 13.7. The molecule has 18 heavy (non-hydrogen) atoms. The number of anilines is 1. The van der Waals surface area contributed by atoms with E-state index in [1.807, 2.05) is 6.07 Å². The van der Waals surface area contributed by atoms with Crippen LogP contribution < -0.4 is 5.73 Å². The molecule has 0 bridgehead atoms. The number of aliphatic hydroxyl groups is 2. The maximum atomic E-state index is 11.5. The van der Waals surface area contributed by atoms with Crippen LogP contribution in [0.1, 0.15) is 15.9 Å². The Kier molecular flexibility index (Phi) is 5.46. The summed E-state index contributed by atoms with van der Waals surface area (Å²) in [5, 5.41) is 18.0. The van der Waals surface area contributed by atoms with Gasteiger partial charge in [0, 0.05) is 16.3 Å². The molecule has 1 rings (SSSR count). The highest BCUT2D eigenvalue weighted by Gasteiger charge is 2.14. The average molecular weight is 271 g/mol. The summed E-state index contributed by atoms with van der Waals surface area (Å²) in [5.74, 6) is -0.138. The van der Waals surface area contributed by atoms with Crippen molar-refractivity contribution in [1.29, 1.82) is 0 Å². The van der Waals surface area contributed by atoms with Gasteiger partial charge in [-0.15, -0.1) is 11.8 Å². The first-order chi connectivity index (χ1) is 8.49. The standard InChI is InChI=1S/C12H17NO4S/c1-7-3-9(18-6-8(15)5-14)4-10(11(7)13)12(16)17-2/h3-4,8,14-15H,5-6,13H2,1-2H3. The summed E-state index contributed by atoms with van der Waals surface area (Å²) in [4.78, 5) is 12.3. The molecule has 0 aliphatic heterocycles. The molecule has 6 heteroatoms. The van der Waals surface area contributed by atoms with Crippen molar-refractivity contribution in [3.05, 3.63) is 23.3 Å². The molecule has 0 saturated carbocycles. The first kappa shape index (κ1) is 14.8. The fourth-order valence-corrected chi connectivity index (χ4v) is 2.32. The minimum atomic E-state index is -0.783. The van der Waals surface area contributed by atoms with Crippen LogP contribution >= 0.6 is 11.8 Å². The molecule has 0 aliphatic rings. The zero-order valence-corrected chi connectivity index (χ0v) is 11.2. The number of nitrogens with two attached hydrogens (primary N) is 1. The second-order valence-corrected chi connectivity index (χ2v) is 4.93. The lowest BCUT2D eigenvalue weighted by Gasteiger charge is -2.11. The van der Waals surface area contributed by atoms with Gasteiger partial charge in [0.05, 0.1) is 25.4 Å². The summed E-state index contributed by atoms with van der Waals surface area (Å²) in [7, 11) is 1.30. The lowest BCUT2D eigenvalue weighted by molar-refractivity contribution is 0.0601. The van der Waals surface area contributed by atoms with Crippen molar-refractivity contribution in [2.75, 3.05) is 25.2 Å². The molecule has 1 aromatic rings. The van der Waals surface area contributed by atoms with Gasteiger partial charge in [0.25, 0.3) is 0 Å². The summed E-state index contributed by atoms with van der Waals surface area (Å²) in [6, 6.07) is 3.46. The number of ether oxygens (including phenoxy) is 1. The molecule has 4 N–H and O–H groups in total. The average Bonchev–Trinajstić information content (AvgIpc) is 2.38. The minimum Gasteiger partial charge on any atom is -0.465 e. The van der Waals surface area contributed by atoms with Gasteiger partial charge < -0.3 is 20.7 Å². The maximum absolute atomic E-state index is 11.5. The van der Waals surface area contributed by atoms with E-state index in [9.17, 15) is 9.90 Å². The number of aliphatic hydroxyl groups excluding tert-OH is 2. The first-order valence-electron chi connectivity index (χ1n) is 5.39. The van der Waals surface area contributed by atoms with Crippen molar-refractivity contribution in [2.24, 2.45) is 0 Å². The highest BCUT2D eigenvalue weighted by Crippen LogP contribution is 2.27. The number of esters is 1. The van der Waals surface area contributed by atoms with E-state index in [0.29, 0.717) is 17.0 Å². The van der Waals surface area contributed by atoms with Crippen molar-refractivity contribution in [3.8, 4) is 0 Å². The largest absolute Gasteiger partial charge is 0.465 e. The van der Waals surface area contributed by atoms with E-state index in [1.165, 1.54) is 18.9 Å². The summed E-state index contributed by atoms with van der Waals surface area (Å²) in [6.45, 7) is 1.51. The van der Waals surface area contributed by atoms with E-state index in [-0.39, 0.29) is 6.61 Å². The molecule has 0 radical (unpaired) electrons. The van der Waals surface area contributed by atoms with Crippen LogP contribution in [-0.4, -0.2) is 41.8 Å². The Morgan fingerprint density at radius 2 is 2.22 bits per heavy atom. The SMILES string of the molecule is COC(=O)c1cc(SCC(O)CO)cc(C)c1N. The topological polar surface area (TPSA) is 92.8 Å².